The van der Waals surface area contributed by atoms with Crippen molar-refractivity contribution in [1.82, 2.24) is 9.97 Å². The fourth-order valence-electron chi connectivity index (χ4n) is 2.87. The summed E-state index contributed by atoms with van der Waals surface area (Å²) < 4.78 is 0. The largest absolute Gasteiger partial charge is 0.370 e. The number of hydrogen-bond acceptors (Lipinski definition) is 4. The number of hydrogen-bond donors (Lipinski definition) is 2. The third-order valence-electron chi connectivity index (χ3n) is 4.34. The first kappa shape index (κ1) is 16.1. The quantitative estimate of drug-likeness (QED) is 0.876. The first-order valence-electron chi connectivity index (χ1n) is 8.22. The lowest BCUT2D eigenvalue weighted by Gasteiger charge is -2.24. The summed E-state index contributed by atoms with van der Waals surface area (Å²) in [5.41, 5.74) is 1.08. The van der Waals surface area contributed by atoms with Gasteiger partial charge in [0.15, 0.2) is 0 Å². The van der Waals surface area contributed by atoms with Crippen LogP contribution in [0.3, 0.4) is 0 Å². The Morgan fingerprint density at radius 3 is 2.33 bits per heavy atom. The molecule has 1 aromatic heterocycles. The molecule has 1 aliphatic rings. The number of anilines is 2. The molecule has 1 heterocycles. The summed E-state index contributed by atoms with van der Waals surface area (Å²) in [7, 11) is 0. The summed E-state index contributed by atoms with van der Waals surface area (Å²) in [5.74, 6) is 3.59. The van der Waals surface area contributed by atoms with E-state index in [4.69, 9.17) is 9.97 Å². The van der Waals surface area contributed by atoms with Gasteiger partial charge in [0.2, 0.25) is 0 Å². The van der Waals surface area contributed by atoms with E-state index in [1.807, 2.05) is 0 Å². The fourth-order valence-corrected chi connectivity index (χ4v) is 2.87. The van der Waals surface area contributed by atoms with Gasteiger partial charge < -0.3 is 10.6 Å². The molecule has 21 heavy (non-hydrogen) atoms. The van der Waals surface area contributed by atoms with Gasteiger partial charge >= 0.3 is 0 Å². The highest BCUT2D eigenvalue weighted by Crippen LogP contribution is 2.31. The second-order valence-electron chi connectivity index (χ2n) is 7.31. The highest BCUT2D eigenvalue weighted by atomic mass is 15.1. The Morgan fingerprint density at radius 1 is 1.14 bits per heavy atom. The molecule has 0 bridgehead atoms. The molecule has 0 saturated heterocycles. The van der Waals surface area contributed by atoms with Crippen molar-refractivity contribution < 1.29 is 0 Å². The third-order valence-corrected chi connectivity index (χ3v) is 4.34. The van der Waals surface area contributed by atoms with Crippen molar-refractivity contribution in [3.05, 3.63) is 11.4 Å². The summed E-state index contributed by atoms with van der Waals surface area (Å²) in [4.78, 5) is 9.55. The maximum atomic E-state index is 4.82. The Kier molecular flexibility index (Phi) is 4.74. The van der Waals surface area contributed by atoms with Crippen molar-refractivity contribution in [2.75, 3.05) is 17.2 Å². The lowest BCUT2D eigenvalue weighted by atomic mass is 9.95. The highest BCUT2D eigenvalue weighted by Gasteiger charge is 2.26. The smallest absolute Gasteiger partial charge is 0.138 e. The lowest BCUT2D eigenvalue weighted by Crippen LogP contribution is -2.26. The molecule has 0 aromatic carbocycles. The molecule has 2 rings (SSSR count). The molecule has 4 heteroatoms. The number of nitrogens with one attached hydrogen (secondary N) is 2. The zero-order chi connectivity index (χ0) is 15.6. The molecule has 2 unspecified atom stereocenters. The molecular formula is C17H30N4. The number of rotatable bonds is 4. The van der Waals surface area contributed by atoms with Crippen molar-refractivity contribution in [2.45, 2.75) is 72.3 Å². The van der Waals surface area contributed by atoms with Crippen molar-refractivity contribution in [3.63, 3.8) is 0 Å². The average Bonchev–Trinajstić information content (AvgIpc) is 2.78. The van der Waals surface area contributed by atoms with Gasteiger partial charge in [-0.2, -0.15) is 0 Å². The van der Waals surface area contributed by atoms with Gasteiger partial charge in [-0.3, -0.25) is 0 Å². The van der Waals surface area contributed by atoms with Gasteiger partial charge in [0.1, 0.15) is 17.5 Å². The van der Waals surface area contributed by atoms with Crippen molar-refractivity contribution in [2.24, 2.45) is 5.92 Å². The van der Waals surface area contributed by atoms with E-state index in [9.17, 15) is 0 Å². The first-order valence-corrected chi connectivity index (χ1v) is 8.22. The van der Waals surface area contributed by atoms with Gasteiger partial charge in [-0.25, -0.2) is 9.97 Å². The zero-order valence-electron chi connectivity index (χ0n) is 14.4. The van der Waals surface area contributed by atoms with Crippen molar-refractivity contribution in [1.29, 1.82) is 0 Å². The van der Waals surface area contributed by atoms with E-state index in [0.717, 1.165) is 35.5 Å². The van der Waals surface area contributed by atoms with Gasteiger partial charge in [0.05, 0.1) is 0 Å². The SMILES string of the molecule is CCNc1nc(C(C)(C)C)nc(NC2CCCC2C)c1C. The molecule has 118 valence electrons. The topological polar surface area (TPSA) is 49.8 Å². The minimum absolute atomic E-state index is 0.0460. The van der Waals surface area contributed by atoms with Crippen LogP contribution in [0, 0.1) is 12.8 Å². The predicted molar refractivity (Wildman–Crippen MR) is 90.1 cm³/mol. The predicted octanol–water partition coefficient (Wildman–Crippen LogP) is 4.11. The highest BCUT2D eigenvalue weighted by molar-refractivity contribution is 5.58. The second kappa shape index (κ2) is 6.20. The molecule has 2 N–H and O–H groups in total. The van der Waals surface area contributed by atoms with Crippen LogP contribution in [-0.2, 0) is 5.41 Å². The van der Waals surface area contributed by atoms with Crippen LogP contribution in [0.5, 0.6) is 0 Å². The monoisotopic (exact) mass is 290 g/mol. The standard InChI is InChI=1S/C17H30N4/c1-7-18-14-12(3)15(19-13-10-8-9-11(13)2)21-16(20-14)17(4,5)6/h11,13H,7-10H2,1-6H3,(H2,18,19,20,21). The summed E-state index contributed by atoms with van der Waals surface area (Å²) in [5, 5.41) is 7.05. The van der Waals surface area contributed by atoms with E-state index in [1.165, 1.54) is 19.3 Å². The normalized spacial score (nSPS) is 22.4. The molecule has 1 aliphatic carbocycles. The van der Waals surface area contributed by atoms with E-state index in [0.29, 0.717) is 6.04 Å². The molecule has 2 atom stereocenters. The van der Waals surface area contributed by atoms with E-state index < -0.39 is 0 Å². The van der Waals surface area contributed by atoms with E-state index in [1.54, 1.807) is 0 Å². The van der Waals surface area contributed by atoms with Crippen LogP contribution in [-0.4, -0.2) is 22.6 Å². The van der Waals surface area contributed by atoms with Crippen LogP contribution >= 0.6 is 0 Å². The first-order chi connectivity index (χ1) is 9.82. The zero-order valence-corrected chi connectivity index (χ0v) is 14.4. The Hall–Kier alpha value is -1.32. The van der Waals surface area contributed by atoms with Crippen molar-refractivity contribution >= 4 is 11.6 Å². The molecule has 1 aromatic rings. The Morgan fingerprint density at radius 2 is 1.81 bits per heavy atom. The van der Waals surface area contributed by atoms with Crippen LogP contribution in [0.1, 0.15) is 65.3 Å². The number of aromatic nitrogens is 2. The Labute approximate surface area is 129 Å². The lowest BCUT2D eigenvalue weighted by molar-refractivity contribution is 0.537. The molecule has 0 spiro atoms. The molecular weight excluding hydrogens is 260 g/mol. The molecule has 0 amide bonds. The van der Waals surface area contributed by atoms with E-state index in [2.05, 4.69) is 52.2 Å². The fraction of sp³-hybridized carbons (Fsp3) is 0.765. The van der Waals surface area contributed by atoms with Crippen LogP contribution in [0.15, 0.2) is 0 Å². The van der Waals surface area contributed by atoms with Crippen LogP contribution in [0.25, 0.3) is 0 Å². The maximum Gasteiger partial charge on any atom is 0.138 e. The van der Waals surface area contributed by atoms with Gasteiger partial charge in [-0.05, 0) is 32.6 Å². The summed E-state index contributed by atoms with van der Waals surface area (Å²) >= 11 is 0. The molecule has 1 fully saturated rings. The summed E-state index contributed by atoms with van der Waals surface area (Å²) in [6, 6.07) is 0.542. The van der Waals surface area contributed by atoms with Crippen LogP contribution in [0.2, 0.25) is 0 Å². The third kappa shape index (κ3) is 3.66. The van der Waals surface area contributed by atoms with Crippen molar-refractivity contribution in [3.8, 4) is 0 Å². The minimum atomic E-state index is -0.0460. The molecule has 4 nitrogen and oxygen atoms in total. The molecule has 0 radical (unpaired) electrons. The van der Waals surface area contributed by atoms with E-state index in [-0.39, 0.29) is 5.41 Å². The number of nitrogens with zero attached hydrogens (tertiary/aromatic N) is 2. The summed E-state index contributed by atoms with van der Waals surface area (Å²) in [6.07, 6.45) is 3.87. The Balaban J connectivity index is 2.35. The van der Waals surface area contributed by atoms with E-state index >= 15 is 0 Å². The maximum absolute atomic E-state index is 4.82. The van der Waals surface area contributed by atoms with Crippen LogP contribution in [0.4, 0.5) is 11.6 Å². The van der Waals surface area contributed by atoms with Gasteiger partial charge in [-0.15, -0.1) is 0 Å². The summed E-state index contributed by atoms with van der Waals surface area (Å²) in [6.45, 7) is 13.9. The second-order valence-corrected chi connectivity index (χ2v) is 7.31. The minimum Gasteiger partial charge on any atom is -0.370 e. The van der Waals surface area contributed by atoms with Gasteiger partial charge in [0.25, 0.3) is 0 Å². The molecule has 0 aliphatic heterocycles. The molecule has 1 saturated carbocycles. The van der Waals surface area contributed by atoms with Gasteiger partial charge in [-0.1, -0.05) is 34.1 Å². The van der Waals surface area contributed by atoms with Gasteiger partial charge in [0, 0.05) is 23.6 Å². The van der Waals surface area contributed by atoms with Crippen LogP contribution < -0.4 is 10.6 Å². The average molecular weight is 290 g/mol. The Bertz CT molecular complexity index is 490.